The molecule has 2 heterocycles. The Bertz CT molecular complexity index is 796. The Labute approximate surface area is 156 Å². The van der Waals surface area contributed by atoms with Gasteiger partial charge in [0.1, 0.15) is 0 Å². The van der Waals surface area contributed by atoms with Gasteiger partial charge in [-0.1, -0.05) is 6.07 Å². The van der Waals surface area contributed by atoms with Crippen molar-refractivity contribution in [3.8, 4) is 11.5 Å². The molecule has 0 unspecified atom stereocenters. The fraction of sp³-hybridized carbons (Fsp3) is 0.474. The van der Waals surface area contributed by atoms with Gasteiger partial charge >= 0.3 is 6.18 Å². The minimum atomic E-state index is -4.51. The predicted molar refractivity (Wildman–Crippen MR) is 93.6 cm³/mol. The van der Waals surface area contributed by atoms with E-state index in [1.54, 1.807) is 0 Å². The lowest BCUT2D eigenvalue weighted by molar-refractivity contribution is -0.145. The smallest absolute Gasteiger partial charge is 0.451 e. The van der Waals surface area contributed by atoms with Gasteiger partial charge in [0.25, 0.3) is 0 Å². The van der Waals surface area contributed by atoms with Crippen molar-refractivity contribution in [2.24, 2.45) is 0 Å². The lowest BCUT2D eigenvalue weighted by Gasteiger charge is -2.28. The highest BCUT2D eigenvalue weighted by molar-refractivity contribution is 5.43. The molecule has 0 saturated carbocycles. The zero-order valence-corrected chi connectivity index (χ0v) is 15.3. The van der Waals surface area contributed by atoms with E-state index in [-0.39, 0.29) is 0 Å². The number of ether oxygens (including phenoxy) is 2. The molecule has 8 heteroatoms. The van der Waals surface area contributed by atoms with Gasteiger partial charge in [0.05, 0.1) is 18.9 Å². The van der Waals surface area contributed by atoms with Gasteiger partial charge in [-0.2, -0.15) is 13.2 Å². The largest absolute Gasteiger partial charge is 0.490 e. The molecule has 0 bridgehead atoms. The fourth-order valence-corrected chi connectivity index (χ4v) is 3.10. The van der Waals surface area contributed by atoms with Gasteiger partial charge < -0.3 is 9.47 Å². The Hall–Kier alpha value is -2.35. The van der Waals surface area contributed by atoms with Crippen LogP contribution in [0.1, 0.15) is 36.5 Å². The van der Waals surface area contributed by atoms with Crippen LogP contribution in [0.3, 0.4) is 0 Å². The standard InChI is InChI=1S/C19H22F3N3O2/c1-3-26-16-6-5-13(9-17(16)27-4-2)11-25-8-7-15-14(12-25)10-23-18(24-15)19(20,21)22/h5-6,9-10H,3-4,7-8,11-12H2,1-2H3. The minimum Gasteiger partial charge on any atom is -0.490 e. The summed E-state index contributed by atoms with van der Waals surface area (Å²) < 4.78 is 49.5. The first-order valence-corrected chi connectivity index (χ1v) is 8.93. The summed E-state index contributed by atoms with van der Waals surface area (Å²) in [5.74, 6) is 0.343. The Morgan fingerprint density at radius 1 is 1.11 bits per heavy atom. The molecule has 1 aromatic heterocycles. The molecule has 0 fully saturated rings. The first-order chi connectivity index (χ1) is 12.9. The van der Waals surface area contributed by atoms with Crippen molar-refractivity contribution in [2.75, 3.05) is 19.8 Å². The lowest BCUT2D eigenvalue weighted by Crippen LogP contribution is -2.31. The summed E-state index contributed by atoms with van der Waals surface area (Å²) in [7, 11) is 0. The molecule has 0 radical (unpaired) electrons. The highest BCUT2D eigenvalue weighted by Crippen LogP contribution is 2.30. The summed E-state index contributed by atoms with van der Waals surface area (Å²) >= 11 is 0. The van der Waals surface area contributed by atoms with E-state index >= 15 is 0 Å². The van der Waals surface area contributed by atoms with E-state index in [0.29, 0.717) is 56.5 Å². The third kappa shape index (κ3) is 4.68. The average molecular weight is 381 g/mol. The van der Waals surface area contributed by atoms with Crippen molar-refractivity contribution < 1.29 is 22.6 Å². The van der Waals surface area contributed by atoms with E-state index in [2.05, 4.69) is 14.9 Å². The zero-order valence-electron chi connectivity index (χ0n) is 15.3. The average Bonchev–Trinajstić information content (AvgIpc) is 2.63. The third-order valence-corrected chi connectivity index (χ3v) is 4.28. The maximum Gasteiger partial charge on any atom is 0.451 e. The van der Waals surface area contributed by atoms with Crippen molar-refractivity contribution in [1.82, 2.24) is 14.9 Å². The topological polar surface area (TPSA) is 47.5 Å². The highest BCUT2D eigenvalue weighted by atomic mass is 19.4. The van der Waals surface area contributed by atoms with Gasteiger partial charge in [-0.3, -0.25) is 4.90 Å². The molecule has 5 nitrogen and oxygen atoms in total. The number of fused-ring (bicyclic) bond motifs is 1. The second-order valence-electron chi connectivity index (χ2n) is 6.27. The molecule has 1 aliphatic rings. The highest BCUT2D eigenvalue weighted by Gasteiger charge is 2.35. The molecule has 0 aliphatic carbocycles. The number of hydrogen-bond donors (Lipinski definition) is 0. The van der Waals surface area contributed by atoms with Gasteiger partial charge in [0.2, 0.25) is 5.82 Å². The molecule has 27 heavy (non-hydrogen) atoms. The molecule has 1 aromatic carbocycles. The normalized spacial score (nSPS) is 14.7. The second-order valence-corrected chi connectivity index (χ2v) is 6.27. The maximum atomic E-state index is 12.8. The van der Waals surface area contributed by atoms with Crippen molar-refractivity contribution >= 4 is 0 Å². The number of rotatable bonds is 6. The second kappa shape index (κ2) is 8.12. The van der Waals surface area contributed by atoms with Crippen LogP contribution in [0.2, 0.25) is 0 Å². The predicted octanol–water partition coefficient (Wildman–Crippen LogP) is 3.85. The van der Waals surface area contributed by atoms with Gasteiger partial charge in [-0.25, -0.2) is 9.97 Å². The van der Waals surface area contributed by atoms with Crippen LogP contribution < -0.4 is 9.47 Å². The Morgan fingerprint density at radius 3 is 2.56 bits per heavy atom. The van der Waals surface area contributed by atoms with E-state index in [1.165, 1.54) is 6.20 Å². The maximum absolute atomic E-state index is 12.8. The lowest BCUT2D eigenvalue weighted by atomic mass is 10.1. The van der Waals surface area contributed by atoms with Gasteiger partial charge in [-0.05, 0) is 31.5 Å². The summed E-state index contributed by atoms with van der Waals surface area (Å²) in [5.41, 5.74) is 2.28. The van der Waals surface area contributed by atoms with E-state index in [1.807, 2.05) is 32.0 Å². The first kappa shape index (κ1) is 19.4. The number of nitrogens with zero attached hydrogens (tertiary/aromatic N) is 3. The molecular weight excluding hydrogens is 359 g/mol. The monoisotopic (exact) mass is 381 g/mol. The molecule has 0 amide bonds. The van der Waals surface area contributed by atoms with Gasteiger partial charge in [-0.15, -0.1) is 0 Å². The molecule has 3 rings (SSSR count). The number of hydrogen-bond acceptors (Lipinski definition) is 5. The van der Waals surface area contributed by atoms with E-state index in [4.69, 9.17) is 9.47 Å². The zero-order chi connectivity index (χ0) is 19.4. The Morgan fingerprint density at radius 2 is 1.85 bits per heavy atom. The molecule has 0 spiro atoms. The fourth-order valence-electron chi connectivity index (χ4n) is 3.10. The number of aromatic nitrogens is 2. The molecule has 0 saturated heterocycles. The van der Waals surface area contributed by atoms with Crippen LogP contribution in [0.15, 0.2) is 24.4 Å². The van der Waals surface area contributed by atoms with E-state index < -0.39 is 12.0 Å². The van der Waals surface area contributed by atoms with Crippen molar-refractivity contribution in [1.29, 1.82) is 0 Å². The van der Waals surface area contributed by atoms with Crippen molar-refractivity contribution in [3.63, 3.8) is 0 Å². The summed E-state index contributed by atoms with van der Waals surface area (Å²) in [6, 6.07) is 5.82. The van der Waals surface area contributed by atoms with Crippen molar-refractivity contribution in [2.45, 2.75) is 39.5 Å². The third-order valence-electron chi connectivity index (χ3n) is 4.28. The van der Waals surface area contributed by atoms with Gasteiger partial charge in [0, 0.05) is 37.8 Å². The molecule has 0 N–H and O–H groups in total. The van der Waals surface area contributed by atoms with Crippen LogP contribution in [0.4, 0.5) is 13.2 Å². The molecule has 146 valence electrons. The Balaban J connectivity index is 1.72. The van der Waals surface area contributed by atoms with E-state index in [0.717, 1.165) is 11.1 Å². The molecule has 0 atom stereocenters. The molecular formula is C19H22F3N3O2. The van der Waals surface area contributed by atoms with Crippen LogP contribution in [0.5, 0.6) is 11.5 Å². The number of halogens is 3. The van der Waals surface area contributed by atoms with E-state index in [9.17, 15) is 13.2 Å². The molecule has 2 aromatic rings. The van der Waals surface area contributed by atoms with Crippen LogP contribution in [0, 0.1) is 0 Å². The minimum absolute atomic E-state index is 0.469. The van der Waals surface area contributed by atoms with Crippen LogP contribution in [-0.2, 0) is 25.7 Å². The number of benzene rings is 1. The number of alkyl halides is 3. The summed E-state index contributed by atoms with van der Waals surface area (Å²) in [6.07, 6.45) is -2.75. The molecule has 1 aliphatic heterocycles. The first-order valence-electron chi connectivity index (χ1n) is 8.93. The quantitative estimate of drug-likeness (QED) is 0.761. The van der Waals surface area contributed by atoms with Crippen LogP contribution in [0.25, 0.3) is 0 Å². The summed E-state index contributed by atoms with van der Waals surface area (Å²) in [6.45, 7) is 6.75. The van der Waals surface area contributed by atoms with Gasteiger partial charge in [0.15, 0.2) is 11.5 Å². The van der Waals surface area contributed by atoms with Crippen molar-refractivity contribution in [3.05, 3.63) is 47.0 Å². The summed E-state index contributed by atoms with van der Waals surface area (Å²) in [4.78, 5) is 9.33. The summed E-state index contributed by atoms with van der Waals surface area (Å²) in [5, 5.41) is 0. The van der Waals surface area contributed by atoms with Crippen LogP contribution in [-0.4, -0.2) is 34.6 Å². The SMILES string of the molecule is CCOc1ccc(CN2CCc3nc(C(F)(F)F)ncc3C2)cc1OCC. The Kier molecular flexibility index (Phi) is 5.84. The van der Waals surface area contributed by atoms with Crippen LogP contribution >= 0.6 is 0 Å².